The third kappa shape index (κ3) is 5.37. The minimum atomic E-state index is -1.16. The van der Waals surface area contributed by atoms with E-state index in [0.717, 1.165) is 25.9 Å². The Kier molecular flexibility index (Phi) is 6.18. The van der Waals surface area contributed by atoms with Crippen LogP contribution in [0.1, 0.15) is 34.5 Å². The molecule has 0 bridgehead atoms. The maximum absolute atomic E-state index is 12.8. The number of carbonyl (C=O) groups excluding carboxylic acids is 1. The number of carboxylic acid groups (broad SMARTS) is 1. The second kappa shape index (κ2) is 8.77. The second-order valence-electron chi connectivity index (χ2n) is 6.82. The summed E-state index contributed by atoms with van der Waals surface area (Å²) in [5, 5.41) is 16.2. The van der Waals surface area contributed by atoms with E-state index in [-0.39, 0.29) is 24.2 Å². The number of ether oxygens (including phenoxy) is 1. The summed E-state index contributed by atoms with van der Waals surface area (Å²) < 4.78 is 6.94. The van der Waals surface area contributed by atoms with E-state index in [4.69, 9.17) is 9.84 Å². The third-order valence-electron chi connectivity index (χ3n) is 4.65. The maximum Gasteiger partial charge on any atom is 0.358 e. The molecule has 0 radical (unpaired) electrons. The number of rotatable bonds is 8. The summed E-state index contributed by atoms with van der Waals surface area (Å²) in [6, 6.07) is 8.26. The molecule has 1 atom stereocenters. The highest BCUT2D eigenvalue weighted by molar-refractivity contribution is 5.84. The standard InChI is InChI=1S/C19H24N4O4/c1-14-4-6-15(7-5-14)8-9-22(11-16-3-2-10-27-16)18(24)13-23-12-17(19(25)26)20-21-23/h4-7,12,16H,2-3,8-11,13H2,1H3,(H,25,26). The van der Waals surface area contributed by atoms with Gasteiger partial charge in [0.15, 0.2) is 5.69 Å². The van der Waals surface area contributed by atoms with Gasteiger partial charge < -0.3 is 14.7 Å². The number of carboxylic acids is 1. The normalized spacial score (nSPS) is 16.4. The molecule has 1 aliphatic rings. The number of amides is 1. The first-order valence-electron chi connectivity index (χ1n) is 9.09. The van der Waals surface area contributed by atoms with Gasteiger partial charge in [0.2, 0.25) is 5.91 Å². The van der Waals surface area contributed by atoms with Gasteiger partial charge in [0.25, 0.3) is 0 Å². The number of aryl methyl sites for hydroxylation is 1. The van der Waals surface area contributed by atoms with E-state index in [9.17, 15) is 9.59 Å². The first-order chi connectivity index (χ1) is 13.0. The van der Waals surface area contributed by atoms with Crippen molar-refractivity contribution in [3.8, 4) is 0 Å². The molecule has 1 aliphatic heterocycles. The van der Waals surface area contributed by atoms with E-state index in [1.807, 2.05) is 6.92 Å². The molecular weight excluding hydrogens is 348 g/mol. The molecule has 1 aromatic carbocycles. The minimum absolute atomic E-state index is 0.0408. The van der Waals surface area contributed by atoms with Crippen LogP contribution in [0.5, 0.6) is 0 Å². The molecule has 8 heteroatoms. The number of hydrogen-bond donors (Lipinski definition) is 1. The van der Waals surface area contributed by atoms with Crippen LogP contribution in [0.4, 0.5) is 0 Å². The summed E-state index contributed by atoms with van der Waals surface area (Å²) in [5.41, 5.74) is 2.19. The lowest BCUT2D eigenvalue weighted by atomic mass is 10.1. The fourth-order valence-corrected chi connectivity index (χ4v) is 3.08. The molecule has 2 heterocycles. The number of benzene rings is 1. The highest BCUT2D eigenvalue weighted by atomic mass is 16.5. The van der Waals surface area contributed by atoms with Gasteiger partial charge in [-0.05, 0) is 31.7 Å². The fraction of sp³-hybridized carbons (Fsp3) is 0.474. The lowest BCUT2D eigenvalue weighted by molar-refractivity contribution is -0.133. The van der Waals surface area contributed by atoms with Crippen LogP contribution < -0.4 is 0 Å². The Morgan fingerprint density at radius 2 is 2.11 bits per heavy atom. The van der Waals surface area contributed by atoms with Gasteiger partial charge in [0, 0.05) is 19.7 Å². The van der Waals surface area contributed by atoms with Crippen LogP contribution in [0.25, 0.3) is 0 Å². The van der Waals surface area contributed by atoms with Crippen molar-refractivity contribution in [3.05, 3.63) is 47.3 Å². The largest absolute Gasteiger partial charge is 0.476 e. The quantitative estimate of drug-likeness (QED) is 0.755. The average molecular weight is 372 g/mol. The smallest absolute Gasteiger partial charge is 0.358 e. The van der Waals surface area contributed by atoms with Gasteiger partial charge in [0.05, 0.1) is 12.3 Å². The Morgan fingerprint density at radius 1 is 1.33 bits per heavy atom. The summed E-state index contributed by atoms with van der Waals surface area (Å²) in [6.45, 7) is 3.84. The van der Waals surface area contributed by atoms with Gasteiger partial charge in [-0.3, -0.25) is 4.79 Å². The predicted octanol–water partition coefficient (Wildman–Crippen LogP) is 1.54. The lowest BCUT2D eigenvalue weighted by Crippen LogP contribution is -2.40. The summed E-state index contributed by atoms with van der Waals surface area (Å²) in [5.74, 6) is -1.29. The zero-order chi connectivity index (χ0) is 19.2. The molecule has 1 fully saturated rings. The zero-order valence-electron chi connectivity index (χ0n) is 15.4. The monoisotopic (exact) mass is 372 g/mol. The minimum Gasteiger partial charge on any atom is -0.476 e. The molecule has 0 spiro atoms. The van der Waals surface area contributed by atoms with E-state index in [1.54, 1.807) is 4.90 Å². The van der Waals surface area contributed by atoms with Gasteiger partial charge in [-0.1, -0.05) is 35.0 Å². The maximum atomic E-state index is 12.8. The summed E-state index contributed by atoms with van der Waals surface area (Å²) >= 11 is 0. The van der Waals surface area contributed by atoms with Gasteiger partial charge in [0.1, 0.15) is 6.54 Å². The van der Waals surface area contributed by atoms with Crippen molar-refractivity contribution in [2.45, 2.75) is 38.8 Å². The summed E-state index contributed by atoms with van der Waals surface area (Å²) in [4.78, 5) is 25.5. The van der Waals surface area contributed by atoms with Crippen LogP contribution in [-0.2, 0) is 22.5 Å². The van der Waals surface area contributed by atoms with Crippen molar-refractivity contribution in [1.82, 2.24) is 19.9 Å². The molecule has 0 aliphatic carbocycles. The Labute approximate surface area is 157 Å². The highest BCUT2D eigenvalue weighted by Gasteiger charge is 2.23. The van der Waals surface area contributed by atoms with Crippen LogP contribution >= 0.6 is 0 Å². The Morgan fingerprint density at radius 3 is 2.74 bits per heavy atom. The summed E-state index contributed by atoms with van der Waals surface area (Å²) in [7, 11) is 0. The number of nitrogens with zero attached hydrogens (tertiary/aromatic N) is 4. The highest BCUT2D eigenvalue weighted by Crippen LogP contribution is 2.14. The van der Waals surface area contributed by atoms with E-state index < -0.39 is 5.97 Å². The first-order valence-corrected chi connectivity index (χ1v) is 9.09. The Bertz CT molecular complexity index is 781. The van der Waals surface area contributed by atoms with Crippen molar-refractivity contribution < 1.29 is 19.4 Å². The van der Waals surface area contributed by atoms with E-state index >= 15 is 0 Å². The fourth-order valence-electron chi connectivity index (χ4n) is 3.08. The van der Waals surface area contributed by atoms with Crippen LogP contribution in [0.3, 0.4) is 0 Å². The molecule has 1 saturated heterocycles. The van der Waals surface area contributed by atoms with E-state index in [0.29, 0.717) is 13.1 Å². The second-order valence-corrected chi connectivity index (χ2v) is 6.82. The molecule has 27 heavy (non-hydrogen) atoms. The first kappa shape index (κ1) is 19.0. The molecule has 1 unspecified atom stereocenters. The van der Waals surface area contributed by atoms with Crippen molar-refractivity contribution in [2.24, 2.45) is 0 Å². The van der Waals surface area contributed by atoms with Crippen LogP contribution in [0.15, 0.2) is 30.5 Å². The van der Waals surface area contributed by atoms with E-state index in [1.165, 1.54) is 22.0 Å². The number of aromatic carboxylic acids is 1. The molecule has 1 aromatic heterocycles. The molecule has 2 aromatic rings. The number of aromatic nitrogens is 3. The van der Waals surface area contributed by atoms with Crippen LogP contribution in [-0.4, -0.2) is 62.7 Å². The Balaban J connectivity index is 1.64. The van der Waals surface area contributed by atoms with Gasteiger partial charge >= 0.3 is 5.97 Å². The molecule has 8 nitrogen and oxygen atoms in total. The van der Waals surface area contributed by atoms with Crippen molar-refractivity contribution >= 4 is 11.9 Å². The van der Waals surface area contributed by atoms with Crippen LogP contribution in [0, 0.1) is 6.92 Å². The predicted molar refractivity (Wildman–Crippen MR) is 97.4 cm³/mol. The molecule has 3 rings (SSSR count). The average Bonchev–Trinajstić information content (AvgIpc) is 3.31. The number of hydrogen-bond acceptors (Lipinski definition) is 5. The molecule has 1 amide bonds. The molecule has 1 N–H and O–H groups in total. The molecule has 0 saturated carbocycles. The van der Waals surface area contributed by atoms with Gasteiger partial charge in [-0.25, -0.2) is 9.48 Å². The Hall–Kier alpha value is -2.74. The third-order valence-corrected chi connectivity index (χ3v) is 4.65. The molecular formula is C19H24N4O4. The summed E-state index contributed by atoms with van der Waals surface area (Å²) in [6.07, 6.45) is 4.02. The van der Waals surface area contributed by atoms with Crippen molar-refractivity contribution in [1.29, 1.82) is 0 Å². The molecule has 144 valence electrons. The topological polar surface area (TPSA) is 97.5 Å². The van der Waals surface area contributed by atoms with Crippen molar-refractivity contribution in [2.75, 3.05) is 19.7 Å². The van der Waals surface area contributed by atoms with Crippen LogP contribution in [0.2, 0.25) is 0 Å². The van der Waals surface area contributed by atoms with E-state index in [2.05, 4.69) is 34.6 Å². The lowest BCUT2D eigenvalue weighted by Gasteiger charge is -2.25. The zero-order valence-corrected chi connectivity index (χ0v) is 15.4. The number of carbonyl (C=O) groups is 2. The SMILES string of the molecule is Cc1ccc(CCN(CC2CCCO2)C(=O)Cn2cc(C(=O)O)nn2)cc1. The van der Waals surface area contributed by atoms with Crippen molar-refractivity contribution in [3.63, 3.8) is 0 Å². The van der Waals surface area contributed by atoms with Gasteiger partial charge in [-0.15, -0.1) is 5.10 Å². The van der Waals surface area contributed by atoms with Gasteiger partial charge in [-0.2, -0.15) is 0 Å².